The van der Waals surface area contributed by atoms with Gasteiger partial charge in [-0.15, -0.1) is 0 Å². The van der Waals surface area contributed by atoms with Gasteiger partial charge in [-0.05, 0) is 69.6 Å². The molecule has 2 nitrogen and oxygen atoms in total. The van der Waals surface area contributed by atoms with Crippen LogP contribution in [0, 0.1) is 12.3 Å². The van der Waals surface area contributed by atoms with E-state index in [0.717, 1.165) is 0 Å². The third kappa shape index (κ3) is 7.64. The first kappa shape index (κ1) is 26.0. The molecular formula is C23H44N2. The first-order chi connectivity index (χ1) is 12.0. The van der Waals surface area contributed by atoms with Crippen LogP contribution in [-0.4, -0.2) is 12.0 Å². The van der Waals surface area contributed by atoms with Crippen LogP contribution in [0.1, 0.15) is 103 Å². The molecule has 0 amide bonds. The molecule has 0 radical (unpaired) electrons. The molecule has 146 valence electrons. The van der Waals surface area contributed by atoms with Crippen molar-refractivity contribution in [3.63, 3.8) is 0 Å². The van der Waals surface area contributed by atoms with Gasteiger partial charge >= 0.3 is 0 Å². The Morgan fingerprint density at radius 3 is 1.96 bits per heavy atom. The molecule has 25 heavy (non-hydrogen) atoms. The largest absolute Gasteiger partial charge is 0.358 e. The number of aromatic nitrogens is 1. The lowest BCUT2D eigenvalue weighted by atomic mass is 9.70. The molecule has 1 fully saturated rings. The molecule has 0 atom stereocenters. The minimum absolute atomic E-state index is 0.529. The molecule has 1 aromatic rings. The Bertz CT molecular complexity index is 482. The minimum atomic E-state index is 0.529. The first-order valence-corrected chi connectivity index (χ1v) is 10.0. The quantitative estimate of drug-likeness (QED) is 0.590. The van der Waals surface area contributed by atoms with E-state index in [1.165, 1.54) is 55.2 Å². The van der Waals surface area contributed by atoms with Crippen LogP contribution in [0.4, 0.5) is 0 Å². The lowest BCUT2D eigenvalue weighted by Crippen LogP contribution is -2.20. The van der Waals surface area contributed by atoms with Gasteiger partial charge in [0.2, 0.25) is 0 Å². The highest BCUT2D eigenvalue weighted by atomic mass is 14.7. The smallest absolute Gasteiger partial charge is 0.0455 e. The third-order valence-corrected chi connectivity index (χ3v) is 4.59. The first-order valence-electron chi connectivity index (χ1n) is 10.0. The van der Waals surface area contributed by atoms with Gasteiger partial charge in [0.15, 0.2) is 0 Å². The maximum atomic E-state index is 4.50. The Balaban J connectivity index is 0. The average Bonchev–Trinajstić information content (AvgIpc) is 2.96. The summed E-state index contributed by atoms with van der Waals surface area (Å²) in [5.74, 6) is 0.705. The Hall–Kier alpha value is -1.28. The Kier molecular flexibility index (Phi) is 14.5. The summed E-state index contributed by atoms with van der Waals surface area (Å²) in [4.78, 5) is 3.53. The molecule has 0 spiro atoms. The second-order valence-corrected chi connectivity index (χ2v) is 6.63. The van der Waals surface area contributed by atoms with Crippen molar-refractivity contribution in [2.24, 2.45) is 11.1 Å². The number of aromatic amines is 1. The monoisotopic (exact) mass is 348 g/mol. The Labute approximate surface area is 158 Å². The summed E-state index contributed by atoms with van der Waals surface area (Å²) in [6.07, 6.45) is 11.5. The predicted molar refractivity (Wildman–Crippen MR) is 118 cm³/mol. The van der Waals surface area contributed by atoms with Gasteiger partial charge in [-0.1, -0.05) is 60.3 Å². The van der Waals surface area contributed by atoms with Gasteiger partial charge in [0.05, 0.1) is 0 Å². The van der Waals surface area contributed by atoms with Crippen molar-refractivity contribution in [1.82, 2.24) is 4.98 Å². The van der Waals surface area contributed by atoms with E-state index in [-0.39, 0.29) is 0 Å². The standard InChI is InChI=1S/C18H27N.2C2H6.CH5N/c1-6-8-16-15(7-2)17(13(3)19-16)14-9-11-18(4,5)12-10-14;3*1-2/h6-8,14,19H,2,9-12H2,1,3-5H3;2*1-2H3;2H2,1H3/b8-6-;;;. The van der Waals surface area contributed by atoms with E-state index in [0.29, 0.717) is 11.3 Å². The van der Waals surface area contributed by atoms with Crippen LogP contribution in [0.15, 0.2) is 12.7 Å². The van der Waals surface area contributed by atoms with Crippen LogP contribution < -0.4 is 5.73 Å². The lowest BCUT2D eigenvalue weighted by molar-refractivity contribution is 0.224. The zero-order chi connectivity index (χ0) is 20.0. The van der Waals surface area contributed by atoms with Gasteiger partial charge in [0.25, 0.3) is 0 Å². The zero-order valence-corrected chi connectivity index (χ0v) is 18.4. The molecule has 1 aliphatic rings. The SMILES string of the molecule is C=Cc1c(/C=C\C)[nH]c(C)c1C1CCC(C)(C)CC1.CC.CC.CN. The number of nitrogens with two attached hydrogens (primary N) is 1. The van der Waals surface area contributed by atoms with Crippen LogP contribution in [0.3, 0.4) is 0 Å². The van der Waals surface area contributed by atoms with Crippen molar-refractivity contribution in [1.29, 1.82) is 0 Å². The van der Waals surface area contributed by atoms with Crippen molar-refractivity contribution in [3.05, 3.63) is 35.2 Å². The molecule has 0 bridgehead atoms. The molecule has 1 saturated carbocycles. The Morgan fingerprint density at radius 1 is 1.08 bits per heavy atom. The van der Waals surface area contributed by atoms with E-state index in [1.807, 2.05) is 33.8 Å². The molecule has 0 aromatic carbocycles. The third-order valence-electron chi connectivity index (χ3n) is 4.59. The normalized spacial score (nSPS) is 15.9. The maximum absolute atomic E-state index is 4.50. The summed E-state index contributed by atoms with van der Waals surface area (Å²) in [5, 5.41) is 0. The summed E-state index contributed by atoms with van der Waals surface area (Å²) in [5.41, 5.74) is 10.4. The van der Waals surface area contributed by atoms with Crippen molar-refractivity contribution in [2.45, 2.75) is 87.0 Å². The molecule has 0 saturated heterocycles. The summed E-state index contributed by atoms with van der Waals surface area (Å²) in [6.45, 7) is 21.1. The van der Waals surface area contributed by atoms with E-state index < -0.39 is 0 Å². The van der Waals surface area contributed by atoms with Crippen LogP contribution >= 0.6 is 0 Å². The minimum Gasteiger partial charge on any atom is -0.358 e. The molecule has 1 aliphatic carbocycles. The number of nitrogens with one attached hydrogen (secondary N) is 1. The molecular weight excluding hydrogens is 304 g/mol. The molecule has 2 rings (SSSR count). The van der Waals surface area contributed by atoms with Gasteiger partial charge in [-0.3, -0.25) is 0 Å². The fourth-order valence-corrected chi connectivity index (χ4v) is 3.42. The van der Waals surface area contributed by atoms with Crippen LogP contribution in [-0.2, 0) is 0 Å². The molecule has 2 heteroatoms. The van der Waals surface area contributed by atoms with Crippen molar-refractivity contribution in [3.8, 4) is 0 Å². The van der Waals surface area contributed by atoms with Crippen LogP contribution in [0.25, 0.3) is 12.2 Å². The van der Waals surface area contributed by atoms with Gasteiger partial charge < -0.3 is 10.7 Å². The van der Waals surface area contributed by atoms with Gasteiger partial charge in [-0.25, -0.2) is 0 Å². The van der Waals surface area contributed by atoms with Crippen LogP contribution in [0.2, 0.25) is 0 Å². The summed E-state index contributed by atoms with van der Waals surface area (Å²) < 4.78 is 0. The van der Waals surface area contributed by atoms with Gasteiger partial charge in [-0.2, -0.15) is 0 Å². The number of hydrogen-bond donors (Lipinski definition) is 2. The summed E-state index contributed by atoms with van der Waals surface area (Å²) in [6, 6.07) is 0. The highest BCUT2D eigenvalue weighted by Crippen LogP contribution is 2.44. The number of rotatable bonds is 3. The van der Waals surface area contributed by atoms with E-state index >= 15 is 0 Å². The fourth-order valence-electron chi connectivity index (χ4n) is 3.42. The number of allylic oxidation sites excluding steroid dienone is 1. The van der Waals surface area contributed by atoms with E-state index in [1.54, 1.807) is 0 Å². The molecule has 3 N–H and O–H groups in total. The van der Waals surface area contributed by atoms with E-state index in [4.69, 9.17) is 0 Å². The number of hydrogen-bond acceptors (Lipinski definition) is 1. The van der Waals surface area contributed by atoms with Crippen molar-refractivity contribution in [2.75, 3.05) is 7.05 Å². The molecule has 1 aromatic heterocycles. The van der Waals surface area contributed by atoms with Crippen molar-refractivity contribution < 1.29 is 0 Å². The Morgan fingerprint density at radius 2 is 1.56 bits per heavy atom. The molecule has 0 unspecified atom stereocenters. The number of aryl methyl sites for hydroxylation is 1. The molecule has 1 heterocycles. The van der Waals surface area contributed by atoms with Crippen molar-refractivity contribution >= 4 is 12.2 Å². The summed E-state index contributed by atoms with van der Waals surface area (Å²) in [7, 11) is 1.50. The predicted octanol–water partition coefficient (Wildman–Crippen LogP) is 7.31. The number of H-pyrrole nitrogens is 1. The van der Waals surface area contributed by atoms with Gasteiger partial charge in [0.1, 0.15) is 0 Å². The van der Waals surface area contributed by atoms with E-state index in [2.05, 4.69) is 57.1 Å². The highest BCUT2D eigenvalue weighted by molar-refractivity contribution is 5.67. The van der Waals surface area contributed by atoms with Gasteiger partial charge in [0, 0.05) is 17.0 Å². The molecule has 0 aliphatic heterocycles. The highest BCUT2D eigenvalue weighted by Gasteiger charge is 2.30. The second kappa shape index (κ2) is 13.9. The zero-order valence-electron chi connectivity index (χ0n) is 18.4. The summed E-state index contributed by atoms with van der Waals surface area (Å²) >= 11 is 0. The topological polar surface area (TPSA) is 41.8 Å². The maximum Gasteiger partial charge on any atom is 0.0455 e. The van der Waals surface area contributed by atoms with Crippen LogP contribution in [0.5, 0.6) is 0 Å². The fraction of sp³-hybridized carbons (Fsp3) is 0.652. The van der Waals surface area contributed by atoms with E-state index in [9.17, 15) is 0 Å². The lowest BCUT2D eigenvalue weighted by Gasteiger charge is -2.34. The second-order valence-electron chi connectivity index (χ2n) is 6.63. The average molecular weight is 349 g/mol.